The van der Waals surface area contributed by atoms with Crippen molar-refractivity contribution in [1.29, 1.82) is 0 Å². The van der Waals surface area contributed by atoms with Gasteiger partial charge in [-0.25, -0.2) is 0 Å². The zero-order chi connectivity index (χ0) is 15.1. The number of pyridine rings is 1. The monoisotopic (exact) mass is 283 g/mol. The number of carbonyl (C=O) groups is 1. The van der Waals surface area contributed by atoms with Gasteiger partial charge in [0.25, 0.3) is 0 Å². The number of aromatic nitrogens is 1. The Morgan fingerprint density at radius 1 is 1.19 bits per heavy atom. The molecule has 0 saturated heterocycles. The van der Waals surface area contributed by atoms with Crippen LogP contribution in [0.5, 0.6) is 0 Å². The van der Waals surface area contributed by atoms with Crippen LogP contribution in [-0.2, 0) is 11.2 Å². The molecule has 21 heavy (non-hydrogen) atoms. The van der Waals surface area contributed by atoms with Crippen LogP contribution in [0.2, 0.25) is 0 Å². The Kier molecular flexibility index (Phi) is 5.46. The summed E-state index contributed by atoms with van der Waals surface area (Å²) < 4.78 is 0. The molecule has 0 aliphatic heterocycles. The number of carbonyl (C=O) groups excluding carboxylic acids is 1. The lowest BCUT2D eigenvalue weighted by molar-refractivity contribution is -0.122. The summed E-state index contributed by atoms with van der Waals surface area (Å²) in [7, 11) is 0. The van der Waals surface area contributed by atoms with Gasteiger partial charge < -0.3 is 10.6 Å². The van der Waals surface area contributed by atoms with Crippen LogP contribution in [0, 0.1) is 5.92 Å². The van der Waals surface area contributed by atoms with E-state index in [0.717, 1.165) is 11.3 Å². The number of nitrogens with two attached hydrogens (primary N) is 1. The lowest BCUT2D eigenvalue weighted by Gasteiger charge is -2.25. The Morgan fingerprint density at radius 2 is 1.86 bits per heavy atom. The highest BCUT2D eigenvalue weighted by Gasteiger charge is 2.23. The largest absolute Gasteiger partial charge is 0.330 e. The van der Waals surface area contributed by atoms with Gasteiger partial charge in [-0.05, 0) is 31.0 Å². The van der Waals surface area contributed by atoms with E-state index in [9.17, 15) is 4.79 Å². The molecule has 2 rings (SSSR count). The Balaban J connectivity index is 2.15. The Morgan fingerprint density at radius 3 is 2.43 bits per heavy atom. The quantitative estimate of drug-likeness (QED) is 0.884. The van der Waals surface area contributed by atoms with E-state index in [1.54, 1.807) is 17.3 Å². The maximum absolute atomic E-state index is 12.7. The summed E-state index contributed by atoms with van der Waals surface area (Å²) in [6, 6.07) is 13.7. The van der Waals surface area contributed by atoms with Crippen LogP contribution >= 0.6 is 0 Å². The molecule has 1 unspecified atom stereocenters. The van der Waals surface area contributed by atoms with Gasteiger partial charge in [0.1, 0.15) is 0 Å². The summed E-state index contributed by atoms with van der Waals surface area (Å²) >= 11 is 0. The summed E-state index contributed by atoms with van der Waals surface area (Å²) in [5, 5.41) is 0. The highest BCUT2D eigenvalue weighted by atomic mass is 16.2. The SMILES string of the molecule is CCN(C(=O)C(CN)Cc1ccccc1)c1ccncc1. The molecule has 2 aromatic rings. The summed E-state index contributed by atoms with van der Waals surface area (Å²) in [4.78, 5) is 18.5. The van der Waals surface area contributed by atoms with Crippen molar-refractivity contribution in [3.63, 3.8) is 0 Å². The number of nitrogens with zero attached hydrogens (tertiary/aromatic N) is 2. The second-order valence-corrected chi connectivity index (χ2v) is 4.91. The van der Waals surface area contributed by atoms with Gasteiger partial charge in [0.15, 0.2) is 0 Å². The predicted molar refractivity (Wildman–Crippen MR) is 85.0 cm³/mol. The average molecular weight is 283 g/mol. The zero-order valence-electron chi connectivity index (χ0n) is 12.3. The Hall–Kier alpha value is -2.20. The molecule has 0 bridgehead atoms. The first kappa shape index (κ1) is 15.2. The molecule has 4 nitrogen and oxygen atoms in total. The van der Waals surface area contributed by atoms with Crippen LogP contribution < -0.4 is 10.6 Å². The normalized spacial score (nSPS) is 11.9. The van der Waals surface area contributed by atoms with E-state index in [2.05, 4.69) is 4.98 Å². The van der Waals surface area contributed by atoms with Gasteiger partial charge in [-0.15, -0.1) is 0 Å². The van der Waals surface area contributed by atoms with E-state index in [-0.39, 0.29) is 11.8 Å². The molecule has 0 saturated carbocycles. The average Bonchev–Trinajstić information content (AvgIpc) is 2.55. The van der Waals surface area contributed by atoms with Gasteiger partial charge in [-0.1, -0.05) is 30.3 Å². The second kappa shape index (κ2) is 7.55. The van der Waals surface area contributed by atoms with Gasteiger partial charge in [0.2, 0.25) is 5.91 Å². The number of benzene rings is 1. The molecule has 1 aromatic carbocycles. The maximum Gasteiger partial charge on any atom is 0.231 e. The van der Waals surface area contributed by atoms with E-state index in [1.165, 1.54) is 0 Å². The van der Waals surface area contributed by atoms with Gasteiger partial charge in [0.05, 0.1) is 5.92 Å². The summed E-state index contributed by atoms with van der Waals surface area (Å²) in [6.45, 7) is 2.93. The minimum atomic E-state index is -0.208. The van der Waals surface area contributed by atoms with Gasteiger partial charge >= 0.3 is 0 Å². The summed E-state index contributed by atoms with van der Waals surface area (Å²) in [5.74, 6) is -0.143. The Labute approximate surface area is 125 Å². The van der Waals surface area contributed by atoms with Crippen LogP contribution in [0.3, 0.4) is 0 Å². The minimum absolute atomic E-state index is 0.0649. The van der Waals surface area contributed by atoms with E-state index in [1.807, 2.05) is 49.4 Å². The van der Waals surface area contributed by atoms with Crippen molar-refractivity contribution in [1.82, 2.24) is 4.98 Å². The third kappa shape index (κ3) is 3.89. The van der Waals surface area contributed by atoms with Gasteiger partial charge in [0, 0.05) is 31.2 Å². The van der Waals surface area contributed by atoms with Crippen LogP contribution in [0.4, 0.5) is 5.69 Å². The van der Waals surface area contributed by atoms with Crippen LogP contribution in [0.25, 0.3) is 0 Å². The first-order valence-electron chi connectivity index (χ1n) is 7.21. The van der Waals surface area contributed by atoms with E-state index in [4.69, 9.17) is 5.73 Å². The van der Waals surface area contributed by atoms with Crippen LogP contribution in [0.1, 0.15) is 12.5 Å². The predicted octanol–water partition coefficient (Wildman–Crippen LogP) is 2.25. The third-order valence-corrected chi connectivity index (χ3v) is 3.52. The third-order valence-electron chi connectivity index (χ3n) is 3.52. The van der Waals surface area contributed by atoms with Crippen molar-refractivity contribution in [2.45, 2.75) is 13.3 Å². The number of amides is 1. The van der Waals surface area contributed by atoms with Crippen molar-refractivity contribution in [2.75, 3.05) is 18.0 Å². The van der Waals surface area contributed by atoms with Crippen molar-refractivity contribution in [3.05, 3.63) is 60.4 Å². The smallest absolute Gasteiger partial charge is 0.231 e. The van der Waals surface area contributed by atoms with Crippen molar-refractivity contribution in [2.24, 2.45) is 11.7 Å². The lowest BCUT2D eigenvalue weighted by Crippen LogP contribution is -2.40. The molecule has 0 fully saturated rings. The zero-order valence-corrected chi connectivity index (χ0v) is 12.3. The maximum atomic E-state index is 12.7. The summed E-state index contributed by atoms with van der Waals surface area (Å²) in [6.07, 6.45) is 4.05. The number of hydrogen-bond donors (Lipinski definition) is 1. The fourth-order valence-electron chi connectivity index (χ4n) is 2.38. The lowest BCUT2D eigenvalue weighted by atomic mass is 9.97. The molecule has 1 atom stereocenters. The van der Waals surface area contributed by atoms with Crippen molar-refractivity contribution >= 4 is 11.6 Å². The van der Waals surface area contributed by atoms with E-state index >= 15 is 0 Å². The minimum Gasteiger partial charge on any atom is -0.330 e. The van der Waals surface area contributed by atoms with Crippen LogP contribution in [-0.4, -0.2) is 24.0 Å². The number of hydrogen-bond acceptors (Lipinski definition) is 3. The molecule has 0 radical (unpaired) electrons. The van der Waals surface area contributed by atoms with Crippen LogP contribution in [0.15, 0.2) is 54.9 Å². The first-order valence-corrected chi connectivity index (χ1v) is 7.21. The molecule has 0 spiro atoms. The van der Waals surface area contributed by atoms with Crippen molar-refractivity contribution < 1.29 is 4.79 Å². The molecule has 0 aliphatic rings. The molecule has 2 N–H and O–H groups in total. The Bertz CT molecular complexity index is 557. The fraction of sp³-hybridized carbons (Fsp3) is 0.294. The van der Waals surface area contributed by atoms with Crippen molar-refractivity contribution in [3.8, 4) is 0 Å². The molecule has 0 aliphatic carbocycles. The standard InChI is InChI=1S/C17H21N3O/c1-2-20(16-8-10-19-11-9-16)17(21)15(13-18)12-14-6-4-3-5-7-14/h3-11,15H,2,12-13,18H2,1H3. The molecule has 4 heteroatoms. The second-order valence-electron chi connectivity index (χ2n) is 4.91. The first-order chi connectivity index (χ1) is 10.3. The van der Waals surface area contributed by atoms with E-state index < -0.39 is 0 Å². The van der Waals surface area contributed by atoms with Gasteiger partial charge in [-0.2, -0.15) is 0 Å². The highest BCUT2D eigenvalue weighted by Crippen LogP contribution is 2.17. The summed E-state index contributed by atoms with van der Waals surface area (Å²) in [5.41, 5.74) is 7.83. The molecule has 1 amide bonds. The number of rotatable bonds is 6. The number of anilines is 1. The molecule has 110 valence electrons. The van der Waals surface area contributed by atoms with Gasteiger partial charge in [-0.3, -0.25) is 9.78 Å². The molecular weight excluding hydrogens is 262 g/mol. The fourth-order valence-corrected chi connectivity index (χ4v) is 2.38. The molecular formula is C17H21N3O. The topological polar surface area (TPSA) is 59.2 Å². The molecule has 1 aromatic heterocycles. The highest BCUT2D eigenvalue weighted by molar-refractivity contribution is 5.95. The molecule has 1 heterocycles. The van der Waals surface area contributed by atoms with E-state index in [0.29, 0.717) is 19.5 Å².